The summed E-state index contributed by atoms with van der Waals surface area (Å²) < 4.78 is 12.1. The molecule has 0 radical (unpaired) electrons. The Morgan fingerprint density at radius 3 is 2.36 bits per heavy atom. The predicted octanol–water partition coefficient (Wildman–Crippen LogP) is 4.92. The van der Waals surface area contributed by atoms with Gasteiger partial charge in [0.1, 0.15) is 17.4 Å². The van der Waals surface area contributed by atoms with E-state index < -0.39 is 48.1 Å². The topological polar surface area (TPSA) is 117 Å². The van der Waals surface area contributed by atoms with Gasteiger partial charge < -0.3 is 30.1 Å². The number of aliphatic hydroxyl groups excluding tert-OH is 1. The van der Waals surface area contributed by atoms with Crippen molar-refractivity contribution in [1.29, 1.82) is 0 Å². The van der Waals surface area contributed by atoms with Gasteiger partial charge in [0.2, 0.25) is 17.7 Å². The number of carbonyl (C=O) groups excluding carboxylic acids is 3. The molecule has 3 heterocycles. The number of nitrogens with one attached hydrogen (secondary N) is 2. The van der Waals surface area contributed by atoms with Gasteiger partial charge in [-0.15, -0.1) is 0 Å². The minimum absolute atomic E-state index is 0.333. The lowest BCUT2D eigenvalue weighted by atomic mass is 9.70. The summed E-state index contributed by atoms with van der Waals surface area (Å²) in [5.74, 6) is -2.11. The fraction of sp³-hybridized carbons (Fsp3) is 0.306. The van der Waals surface area contributed by atoms with Crippen molar-refractivity contribution in [3.63, 3.8) is 0 Å². The summed E-state index contributed by atoms with van der Waals surface area (Å²) >= 11 is 0. The van der Waals surface area contributed by atoms with Crippen LogP contribution in [0.5, 0.6) is 5.75 Å². The fourth-order valence-electron chi connectivity index (χ4n) is 7.56. The third kappa shape index (κ3) is 4.92. The Balaban J connectivity index is 1.24. The Bertz CT molecular complexity index is 1750. The van der Waals surface area contributed by atoms with E-state index in [2.05, 4.69) is 10.6 Å². The molecule has 3 saturated heterocycles. The van der Waals surface area contributed by atoms with Gasteiger partial charge in [0.25, 0.3) is 0 Å². The number of nitrogens with zero attached hydrogens (tertiary/aromatic N) is 1. The molecule has 9 nitrogen and oxygen atoms in total. The van der Waals surface area contributed by atoms with Crippen LogP contribution in [0.2, 0.25) is 0 Å². The Hall–Kier alpha value is -4.73. The number of amides is 3. The van der Waals surface area contributed by atoms with Gasteiger partial charge in [0, 0.05) is 11.4 Å². The summed E-state index contributed by atoms with van der Waals surface area (Å²) in [7, 11) is 0. The van der Waals surface area contributed by atoms with E-state index in [4.69, 9.17) is 9.47 Å². The lowest BCUT2D eigenvalue weighted by molar-refractivity contribution is -0.143. The number of rotatable bonds is 9. The molecule has 0 aromatic heterocycles. The zero-order chi connectivity index (χ0) is 31.1. The van der Waals surface area contributed by atoms with Gasteiger partial charge in [-0.3, -0.25) is 14.4 Å². The molecule has 4 aromatic carbocycles. The van der Waals surface area contributed by atoms with Crippen molar-refractivity contribution in [3.05, 3.63) is 103 Å². The molecule has 3 aliphatic heterocycles. The molecule has 3 N–H and O–H groups in total. The van der Waals surface area contributed by atoms with Crippen LogP contribution in [-0.2, 0) is 19.1 Å². The van der Waals surface area contributed by atoms with E-state index in [1.807, 2.05) is 79.7 Å². The van der Waals surface area contributed by atoms with E-state index in [1.54, 1.807) is 24.3 Å². The second-order valence-electron chi connectivity index (χ2n) is 11.9. The predicted molar refractivity (Wildman–Crippen MR) is 170 cm³/mol. The van der Waals surface area contributed by atoms with Crippen molar-refractivity contribution in [2.24, 2.45) is 11.8 Å². The maximum atomic E-state index is 14.5. The molecule has 4 aromatic rings. The number of likely N-dealkylation sites (tertiary alicyclic amines) is 1. The minimum atomic E-state index is -1.22. The molecule has 1 spiro atoms. The second-order valence-corrected chi connectivity index (χ2v) is 11.9. The third-order valence-electron chi connectivity index (χ3n) is 9.43. The molecule has 3 fully saturated rings. The maximum absolute atomic E-state index is 14.5. The summed E-state index contributed by atoms with van der Waals surface area (Å²) in [5.41, 5.74) is 0.638. The fourth-order valence-corrected chi connectivity index (χ4v) is 7.56. The van der Waals surface area contributed by atoms with Crippen molar-refractivity contribution >= 4 is 39.9 Å². The van der Waals surface area contributed by atoms with E-state index in [-0.39, 0.29) is 11.8 Å². The van der Waals surface area contributed by atoms with E-state index in [1.165, 1.54) is 4.90 Å². The van der Waals surface area contributed by atoms with Crippen LogP contribution < -0.4 is 15.4 Å². The van der Waals surface area contributed by atoms with E-state index in [9.17, 15) is 19.5 Å². The lowest BCUT2D eigenvalue weighted by Gasteiger charge is -2.36. The van der Waals surface area contributed by atoms with Gasteiger partial charge in [-0.1, -0.05) is 60.7 Å². The summed E-state index contributed by atoms with van der Waals surface area (Å²) in [4.78, 5) is 44.2. The zero-order valence-electron chi connectivity index (χ0n) is 24.9. The number of ether oxygens (including phenoxy) is 2. The molecule has 3 amide bonds. The molecular formula is C36H35N3O6. The molecule has 9 heteroatoms. The summed E-state index contributed by atoms with van der Waals surface area (Å²) in [6.45, 7) is 2.03. The highest BCUT2D eigenvalue weighted by Gasteiger charge is 2.75. The highest BCUT2D eigenvalue weighted by atomic mass is 16.5. The minimum Gasteiger partial charge on any atom is -0.494 e. The molecule has 2 unspecified atom stereocenters. The van der Waals surface area contributed by atoms with Crippen LogP contribution in [0.4, 0.5) is 11.4 Å². The van der Waals surface area contributed by atoms with Crippen LogP contribution in [0.1, 0.15) is 31.4 Å². The number of hydrogen-bond acceptors (Lipinski definition) is 6. The average molecular weight is 606 g/mol. The van der Waals surface area contributed by atoms with Gasteiger partial charge in [-0.2, -0.15) is 0 Å². The highest BCUT2D eigenvalue weighted by Crippen LogP contribution is 2.60. The summed E-state index contributed by atoms with van der Waals surface area (Å²) in [5, 5.41) is 18.7. The van der Waals surface area contributed by atoms with Gasteiger partial charge in [-0.25, -0.2) is 0 Å². The largest absolute Gasteiger partial charge is 0.494 e. The smallest absolute Gasteiger partial charge is 0.250 e. The molecule has 2 bridgehead atoms. The quantitative estimate of drug-likeness (QED) is 0.249. The molecule has 3 aliphatic rings. The first kappa shape index (κ1) is 29.0. The number of anilines is 2. The zero-order valence-corrected chi connectivity index (χ0v) is 24.9. The second kappa shape index (κ2) is 11.6. The van der Waals surface area contributed by atoms with E-state index >= 15 is 0 Å². The van der Waals surface area contributed by atoms with Crippen LogP contribution in [0.3, 0.4) is 0 Å². The van der Waals surface area contributed by atoms with E-state index in [0.717, 1.165) is 10.8 Å². The normalized spacial score (nSPS) is 25.6. The number of carbonyl (C=O) groups is 3. The van der Waals surface area contributed by atoms with Gasteiger partial charge in [-0.05, 0) is 72.5 Å². The molecule has 230 valence electrons. The number of fused-ring (bicyclic) bond motifs is 2. The SMILES string of the molecule is CCOc1ccc(NC(=O)[C@@H]2[C@H]3C(=O)N([C@H](CO)c4ccccc4)C(C(=O)Nc4ccc5ccccc5c4)C34CC[C@H]2O4)cc1. The van der Waals surface area contributed by atoms with Crippen LogP contribution >= 0.6 is 0 Å². The third-order valence-corrected chi connectivity index (χ3v) is 9.43. The van der Waals surface area contributed by atoms with Crippen LogP contribution in [0, 0.1) is 11.8 Å². The van der Waals surface area contributed by atoms with Crippen molar-refractivity contribution in [3.8, 4) is 5.75 Å². The number of benzene rings is 4. The van der Waals surface area contributed by atoms with Gasteiger partial charge in [0.15, 0.2) is 0 Å². The van der Waals surface area contributed by atoms with Crippen molar-refractivity contribution in [2.45, 2.75) is 43.6 Å². The highest BCUT2D eigenvalue weighted by molar-refractivity contribution is 6.05. The standard InChI is InChI=1S/C36H35N3O6/c1-2-44-27-16-14-25(15-17-27)37-33(41)30-29-18-19-36(45-29)31(30)35(43)39(28(21-40)23-9-4-3-5-10-23)32(36)34(42)38-26-13-12-22-8-6-7-11-24(22)20-26/h3-17,20,28-32,40H,2,18-19,21H2,1H3,(H,37,41)(H,38,42)/t28-,29-,30+,31+,32?,36?/m1/s1. The Morgan fingerprint density at radius 1 is 0.933 bits per heavy atom. The maximum Gasteiger partial charge on any atom is 0.250 e. The molecule has 45 heavy (non-hydrogen) atoms. The first-order chi connectivity index (χ1) is 21.9. The van der Waals surface area contributed by atoms with Crippen LogP contribution in [0.15, 0.2) is 97.1 Å². The first-order valence-electron chi connectivity index (χ1n) is 15.4. The molecule has 0 aliphatic carbocycles. The Labute approximate surface area is 261 Å². The molecule has 6 atom stereocenters. The van der Waals surface area contributed by atoms with E-state index in [0.29, 0.717) is 42.1 Å². The number of hydrogen-bond donors (Lipinski definition) is 3. The average Bonchev–Trinajstić information content (AvgIpc) is 3.70. The summed E-state index contributed by atoms with van der Waals surface area (Å²) in [6, 6.07) is 27.9. The summed E-state index contributed by atoms with van der Waals surface area (Å²) in [6.07, 6.45) is 0.470. The van der Waals surface area contributed by atoms with Crippen molar-refractivity contribution < 1.29 is 29.0 Å². The van der Waals surface area contributed by atoms with Gasteiger partial charge >= 0.3 is 0 Å². The lowest BCUT2D eigenvalue weighted by Crippen LogP contribution is -2.54. The van der Waals surface area contributed by atoms with Crippen molar-refractivity contribution in [2.75, 3.05) is 23.8 Å². The molecule has 0 saturated carbocycles. The molecule has 7 rings (SSSR count). The van der Waals surface area contributed by atoms with Crippen LogP contribution in [-0.4, -0.2) is 58.7 Å². The Morgan fingerprint density at radius 2 is 1.62 bits per heavy atom. The van der Waals surface area contributed by atoms with Crippen molar-refractivity contribution in [1.82, 2.24) is 4.90 Å². The monoisotopic (exact) mass is 605 g/mol. The van der Waals surface area contributed by atoms with Crippen LogP contribution in [0.25, 0.3) is 10.8 Å². The van der Waals surface area contributed by atoms with Gasteiger partial charge in [0.05, 0.1) is 37.2 Å². The number of aliphatic hydroxyl groups is 1. The molecular weight excluding hydrogens is 570 g/mol. The first-order valence-corrected chi connectivity index (χ1v) is 15.4. The Kier molecular flexibility index (Phi) is 7.51.